The van der Waals surface area contributed by atoms with Crippen molar-refractivity contribution in [1.29, 1.82) is 0 Å². The molecule has 20 heavy (non-hydrogen) atoms. The van der Waals surface area contributed by atoms with E-state index in [-0.39, 0.29) is 5.91 Å². The van der Waals surface area contributed by atoms with Gasteiger partial charge in [-0.3, -0.25) is 4.79 Å². The van der Waals surface area contributed by atoms with Crippen LogP contribution in [0.3, 0.4) is 0 Å². The first-order chi connectivity index (χ1) is 9.58. The van der Waals surface area contributed by atoms with Crippen molar-refractivity contribution < 1.29 is 4.79 Å². The minimum Gasteiger partial charge on any atom is -0.267 e. The van der Waals surface area contributed by atoms with Gasteiger partial charge in [0, 0.05) is 8.95 Å². The van der Waals surface area contributed by atoms with E-state index in [9.17, 15) is 4.79 Å². The van der Waals surface area contributed by atoms with Gasteiger partial charge >= 0.3 is 0 Å². The van der Waals surface area contributed by atoms with E-state index in [0.717, 1.165) is 20.2 Å². The molecule has 0 aromatic heterocycles. The second-order valence-electron chi connectivity index (χ2n) is 4.12. The average molecular weight is 396 g/mol. The third kappa shape index (κ3) is 3.77. The predicted molar refractivity (Wildman–Crippen MR) is 88.0 cm³/mol. The lowest BCUT2D eigenvalue weighted by atomic mass is 10.1. The number of carbonyl (C=O) groups is 1. The van der Waals surface area contributed by atoms with Crippen LogP contribution in [0.25, 0.3) is 0 Å². The van der Waals surface area contributed by atoms with Crippen molar-refractivity contribution in [2.24, 2.45) is 5.10 Å². The molecule has 0 bridgehead atoms. The van der Waals surface area contributed by atoms with Crippen LogP contribution in [0.5, 0.6) is 0 Å². The molecule has 1 amide bonds. The highest BCUT2D eigenvalue weighted by molar-refractivity contribution is 9.10. The number of nitrogens with zero attached hydrogens (tertiary/aromatic N) is 1. The van der Waals surface area contributed by atoms with Gasteiger partial charge in [-0.2, -0.15) is 5.10 Å². The normalized spacial score (nSPS) is 11.2. The number of hydrogen-bond acceptors (Lipinski definition) is 2. The Kier molecular flexibility index (Phi) is 5.09. The second-order valence-corrected chi connectivity index (χ2v) is 5.89. The molecule has 3 nitrogen and oxygen atoms in total. The molecule has 0 saturated carbocycles. The van der Waals surface area contributed by atoms with Crippen LogP contribution in [0.2, 0.25) is 0 Å². The van der Waals surface area contributed by atoms with Gasteiger partial charge in [0.2, 0.25) is 0 Å². The van der Waals surface area contributed by atoms with E-state index in [4.69, 9.17) is 0 Å². The molecule has 0 aliphatic carbocycles. The van der Waals surface area contributed by atoms with E-state index in [0.29, 0.717) is 5.56 Å². The number of nitrogens with one attached hydrogen (secondary N) is 1. The maximum Gasteiger partial charge on any atom is 0.272 e. The molecular formula is C15H12Br2N2O. The smallest absolute Gasteiger partial charge is 0.267 e. The summed E-state index contributed by atoms with van der Waals surface area (Å²) in [7, 11) is 0. The highest BCUT2D eigenvalue weighted by Crippen LogP contribution is 2.15. The van der Waals surface area contributed by atoms with Gasteiger partial charge < -0.3 is 0 Å². The maximum atomic E-state index is 12.0. The summed E-state index contributed by atoms with van der Waals surface area (Å²) in [5.74, 6) is -0.242. The van der Waals surface area contributed by atoms with Gasteiger partial charge in [-0.1, -0.05) is 40.2 Å². The molecule has 0 spiro atoms. The molecule has 5 heteroatoms. The van der Waals surface area contributed by atoms with E-state index in [1.807, 2.05) is 49.4 Å². The minimum atomic E-state index is -0.242. The van der Waals surface area contributed by atoms with Gasteiger partial charge in [0.15, 0.2) is 0 Å². The van der Waals surface area contributed by atoms with Crippen LogP contribution >= 0.6 is 31.9 Å². The van der Waals surface area contributed by atoms with Gasteiger partial charge in [0.25, 0.3) is 5.91 Å². The summed E-state index contributed by atoms with van der Waals surface area (Å²) in [4.78, 5) is 12.0. The number of amides is 1. The van der Waals surface area contributed by atoms with Crippen molar-refractivity contribution >= 4 is 43.5 Å². The van der Waals surface area contributed by atoms with Crippen LogP contribution in [0.4, 0.5) is 0 Å². The Morgan fingerprint density at radius 2 is 1.70 bits per heavy atom. The second kappa shape index (κ2) is 6.81. The Balaban J connectivity index is 2.11. The van der Waals surface area contributed by atoms with Gasteiger partial charge in [-0.25, -0.2) is 5.43 Å². The molecule has 102 valence electrons. The fraction of sp³-hybridized carbons (Fsp3) is 0.0667. The monoisotopic (exact) mass is 394 g/mol. The molecule has 0 fully saturated rings. The van der Waals surface area contributed by atoms with Gasteiger partial charge in [-0.15, -0.1) is 0 Å². The highest BCUT2D eigenvalue weighted by atomic mass is 79.9. The highest BCUT2D eigenvalue weighted by Gasteiger charge is 2.08. The molecule has 2 rings (SSSR count). The number of rotatable bonds is 3. The van der Waals surface area contributed by atoms with Crippen molar-refractivity contribution in [2.75, 3.05) is 0 Å². The van der Waals surface area contributed by atoms with Crippen LogP contribution in [0.1, 0.15) is 22.8 Å². The van der Waals surface area contributed by atoms with E-state index in [1.54, 1.807) is 6.07 Å². The Bertz CT molecular complexity index is 651. The first-order valence-corrected chi connectivity index (χ1v) is 7.51. The lowest BCUT2D eigenvalue weighted by Crippen LogP contribution is -2.19. The fourth-order valence-corrected chi connectivity index (χ4v) is 2.33. The summed E-state index contributed by atoms with van der Waals surface area (Å²) < 4.78 is 1.75. The summed E-state index contributed by atoms with van der Waals surface area (Å²) >= 11 is 6.72. The zero-order valence-electron chi connectivity index (χ0n) is 10.7. The van der Waals surface area contributed by atoms with Crippen molar-refractivity contribution in [3.8, 4) is 0 Å². The van der Waals surface area contributed by atoms with Crippen LogP contribution in [-0.2, 0) is 0 Å². The summed E-state index contributed by atoms with van der Waals surface area (Å²) in [6.45, 7) is 1.85. The average Bonchev–Trinajstić information content (AvgIpc) is 2.45. The zero-order chi connectivity index (χ0) is 14.5. The summed E-state index contributed by atoms with van der Waals surface area (Å²) in [5.41, 5.74) is 4.82. The molecule has 0 saturated heterocycles. The van der Waals surface area contributed by atoms with Crippen LogP contribution in [0.15, 0.2) is 62.6 Å². The Morgan fingerprint density at radius 1 is 1.05 bits per heavy atom. The number of benzene rings is 2. The van der Waals surface area contributed by atoms with Gasteiger partial charge in [0.1, 0.15) is 0 Å². The molecule has 0 atom stereocenters. The first-order valence-electron chi connectivity index (χ1n) is 5.93. The molecule has 1 N–H and O–H groups in total. The zero-order valence-corrected chi connectivity index (χ0v) is 13.9. The standard InChI is InChI=1S/C15H12Br2N2O/c1-10(11-6-8-12(16)9-7-11)18-19-15(20)13-4-2-3-5-14(13)17/h2-9H,1H3,(H,19,20)/b18-10+. The number of hydrazone groups is 1. The van der Waals surface area contributed by atoms with Crippen LogP contribution in [0, 0.1) is 0 Å². The Hall–Kier alpha value is -1.46. The molecule has 0 aliphatic rings. The third-order valence-corrected chi connectivity index (χ3v) is 3.93. The third-order valence-electron chi connectivity index (χ3n) is 2.71. The Morgan fingerprint density at radius 3 is 2.35 bits per heavy atom. The van der Waals surface area contributed by atoms with E-state index < -0.39 is 0 Å². The van der Waals surface area contributed by atoms with Gasteiger partial charge in [0.05, 0.1) is 11.3 Å². The molecule has 0 unspecified atom stereocenters. The predicted octanol–water partition coefficient (Wildman–Crippen LogP) is 4.37. The van der Waals surface area contributed by atoms with Crippen molar-refractivity contribution in [1.82, 2.24) is 5.43 Å². The number of halogens is 2. The van der Waals surface area contributed by atoms with Crippen LogP contribution in [-0.4, -0.2) is 11.6 Å². The van der Waals surface area contributed by atoms with E-state index in [2.05, 4.69) is 42.4 Å². The van der Waals surface area contributed by atoms with Crippen molar-refractivity contribution in [3.63, 3.8) is 0 Å². The lowest BCUT2D eigenvalue weighted by Gasteiger charge is -2.04. The molecule has 0 radical (unpaired) electrons. The van der Waals surface area contributed by atoms with Crippen LogP contribution < -0.4 is 5.43 Å². The number of hydrogen-bond donors (Lipinski definition) is 1. The summed E-state index contributed by atoms with van der Waals surface area (Å²) in [5, 5.41) is 4.12. The molecule has 0 aliphatic heterocycles. The van der Waals surface area contributed by atoms with Gasteiger partial charge in [-0.05, 0) is 52.7 Å². The Labute approximate surface area is 134 Å². The maximum absolute atomic E-state index is 12.0. The lowest BCUT2D eigenvalue weighted by molar-refractivity contribution is 0.0954. The number of carbonyl (C=O) groups excluding carboxylic acids is 1. The van der Waals surface area contributed by atoms with E-state index in [1.165, 1.54) is 0 Å². The van der Waals surface area contributed by atoms with Crippen molar-refractivity contribution in [3.05, 3.63) is 68.6 Å². The molecule has 0 heterocycles. The first kappa shape index (κ1) is 14.9. The topological polar surface area (TPSA) is 41.5 Å². The SMILES string of the molecule is C/C(=N\NC(=O)c1ccccc1Br)c1ccc(Br)cc1. The molecule has 2 aromatic rings. The molecular weight excluding hydrogens is 384 g/mol. The summed E-state index contributed by atoms with van der Waals surface area (Å²) in [6, 6.07) is 15.0. The largest absolute Gasteiger partial charge is 0.272 e. The fourth-order valence-electron chi connectivity index (χ4n) is 1.60. The quantitative estimate of drug-likeness (QED) is 0.608. The van der Waals surface area contributed by atoms with Crippen molar-refractivity contribution in [2.45, 2.75) is 6.92 Å². The molecule has 2 aromatic carbocycles. The minimum absolute atomic E-state index is 0.242. The van der Waals surface area contributed by atoms with E-state index >= 15 is 0 Å². The summed E-state index contributed by atoms with van der Waals surface area (Å²) in [6.07, 6.45) is 0.